The van der Waals surface area contributed by atoms with Gasteiger partial charge in [-0.1, -0.05) is 24.3 Å². The molecule has 0 saturated carbocycles. The number of benzene rings is 2. The number of rotatable bonds is 7. The molecule has 1 heterocycles. The van der Waals surface area contributed by atoms with E-state index in [0.29, 0.717) is 44.0 Å². The Morgan fingerprint density at radius 2 is 1.62 bits per heavy atom. The number of carbonyl (C=O) groups is 1. The monoisotopic (exact) mass is 418 g/mol. The molecule has 29 heavy (non-hydrogen) atoms. The molecular formula is C21H26N2O5S. The van der Waals surface area contributed by atoms with Gasteiger partial charge in [0.25, 0.3) is 5.91 Å². The minimum atomic E-state index is -3.38. The van der Waals surface area contributed by atoms with E-state index in [0.717, 1.165) is 11.3 Å². The minimum absolute atomic E-state index is 0.0802. The molecule has 3 rings (SSSR count). The molecule has 0 aromatic heterocycles. The summed E-state index contributed by atoms with van der Waals surface area (Å²) in [5, 5.41) is 0. The third kappa shape index (κ3) is 5.56. The van der Waals surface area contributed by atoms with Crippen molar-refractivity contribution in [2.45, 2.75) is 12.3 Å². The SMILES string of the molecule is COc1ccc(CN(C)C(=O)c2ccc(CS(=O)(=O)N3CCOCC3)cc2)cc1. The summed E-state index contributed by atoms with van der Waals surface area (Å²) in [5.41, 5.74) is 2.18. The fourth-order valence-electron chi connectivity index (χ4n) is 3.17. The zero-order valence-electron chi connectivity index (χ0n) is 16.7. The lowest BCUT2D eigenvalue weighted by Crippen LogP contribution is -2.41. The predicted octanol–water partition coefficient (Wildman–Crippen LogP) is 2.13. The highest BCUT2D eigenvalue weighted by Gasteiger charge is 2.24. The van der Waals surface area contributed by atoms with E-state index < -0.39 is 10.0 Å². The minimum Gasteiger partial charge on any atom is -0.497 e. The zero-order valence-corrected chi connectivity index (χ0v) is 17.5. The Kier molecular flexibility index (Phi) is 6.89. The molecule has 7 nitrogen and oxygen atoms in total. The lowest BCUT2D eigenvalue weighted by atomic mass is 10.1. The van der Waals surface area contributed by atoms with E-state index in [1.807, 2.05) is 24.3 Å². The summed E-state index contributed by atoms with van der Waals surface area (Å²) in [6.07, 6.45) is 0. The van der Waals surface area contributed by atoms with Crippen LogP contribution in [0.3, 0.4) is 0 Å². The van der Waals surface area contributed by atoms with Crippen LogP contribution in [0, 0.1) is 0 Å². The highest BCUT2D eigenvalue weighted by molar-refractivity contribution is 7.88. The van der Waals surface area contributed by atoms with Gasteiger partial charge < -0.3 is 14.4 Å². The maximum atomic E-state index is 12.7. The van der Waals surface area contributed by atoms with Crippen molar-refractivity contribution in [3.8, 4) is 5.75 Å². The van der Waals surface area contributed by atoms with E-state index in [1.54, 1.807) is 43.3 Å². The van der Waals surface area contributed by atoms with Crippen molar-refractivity contribution < 1.29 is 22.7 Å². The normalized spacial score (nSPS) is 15.1. The number of amides is 1. The third-order valence-electron chi connectivity index (χ3n) is 4.84. The summed E-state index contributed by atoms with van der Waals surface area (Å²) in [5.74, 6) is 0.567. The lowest BCUT2D eigenvalue weighted by Gasteiger charge is -2.26. The molecule has 1 amide bonds. The Morgan fingerprint density at radius 3 is 2.21 bits per heavy atom. The first-order valence-corrected chi connectivity index (χ1v) is 11.0. The van der Waals surface area contributed by atoms with E-state index in [2.05, 4.69) is 0 Å². The van der Waals surface area contributed by atoms with Crippen LogP contribution in [0.15, 0.2) is 48.5 Å². The Morgan fingerprint density at radius 1 is 1.03 bits per heavy atom. The van der Waals surface area contributed by atoms with E-state index in [4.69, 9.17) is 9.47 Å². The largest absolute Gasteiger partial charge is 0.497 e. The topological polar surface area (TPSA) is 76.2 Å². The van der Waals surface area contributed by atoms with Crippen LogP contribution in [0.2, 0.25) is 0 Å². The van der Waals surface area contributed by atoms with Crippen LogP contribution in [-0.2, 0) is 27.1 Å². The van der Waals surface area contributed by atoms with E-state index in [1.165, 1.54) is 4.31 Å². The highest BCUT2D eigenvalue weighted by atomic mass is 32.2. The Labute approximate surface area is 171 Å². The summed E-state index contributed by atoms with van der Waals surface area (Å²) in [4.78, 5) is 14.3. The second-order valence-electron chi connectivity index (χ2n) is 6.97. The molecule has 2 aromatic rings. The fourth-order valence-corrected chi connectivity index (χ4v) is 4.67. The summed E-state index contributed by atoms with van der Waals surface area (Å²) < 4.78 is 36.8. The van der Waals surface area contributed by atoms with Gasteiger partial charge in [0.1, 0.15) is 5.75 Å². The van der Waals surface area contributed by atoms with Crippen LogP contribution in [-0.4, -0.2) is 64.0 Å². The van der Waals surface area contributed by atoms with Crippen molar-refractivity contribution >= 4 is 15.9 Å². The maximum absolute atomic E-state index is 12.7. The van der Waals surface area contributed by atoms with E-state index in [-0.39, 0.29) is 11.7 Å². The average molecular weight is 419 g/mol. The number of ether oxygens (including phenoxy) is 2. The molecule has 0 N–H and O–H groups in total. The fraction of sp³-hybridized carbons (Fsp3) is 0.381. The Hall–Kier alpha value is -2.42. The van der Waals surface area contributed by atoms with Gasteiger partial charge in [0.2, 0.25) is 10.0 Å². The number of morpholine rings is 1. The van der Waals surface area contributed by atoms with Gasteiger partial charge in [0.15, 0.2) is 0 Å². The summed E-state index contributed by atoms with van der Waals surface area (Å²) in [7, 11) is -0.0335. The number of methoxy groups -OCH3 is 1. The Balaban J connectivity index is 1.61. The number of hydrogen-bond acceptors (Lipinski definition) is 5. The van der Waals surface area contributed by atoms with Gasteiger partial charge in [-0.3, -0.25) is 4.79 Å². The van der Waals surface area contributed by atoms with Crippen LogP contribution in [0.5, 0.6) is 5.75 Å². The molecule has 0 atom stereocenters. The highest BCUT2D eigenvalue weighted by Crippen LogP contribution is 2.16. The van der Waals surface area contributed by atoms with Crippen LogP contribution >= 0.6 is 0 Å². The van der Waals surface area contributed by atoms with Gasteiger partial charge >= 0.3 is 0 Å². The molecule has 2 aromatic carbocycles. The Bertz CT molecular complexity index is 921. The smallest absolute Gasteiger partial charge is 0.253 e. The molecule has 1 fully saturated rings. The molecule has 0 bridgehead atoms. The van der Waals surface area contributed by atoms with Crippen molar-refractivity contribution in [1.82, 2.24) is 9.21 Å². The van der Waals surface area contributed by atoms with Crippen LogP contribution < -0.4 is 4.74 Å². The number of sulfonamides is 1. The number of carbonyl (C=O) groups excluding carboxylic acids is 1. The van der Waals surface area contributed by atoms with Gasteiger partial charge in [-0.15, -0.1) is 0 Å². The molecule has 0 spiro atoms. The third-order valence-corrected chi connectivity index (χ3v) is 6.69. The molecule has 156 valence electrons. The molecule has 1 saturated heterocycles. The van der Waals surface area contributed by atoms with Crippen molar-refractivity contribution in [3.05, 3.63) is 65.2 Å². The quantitative estimate of drug-likeness (QED) is 0.689. The summed E-state index contributed by atoms with van der Waals surface area (Å²) >= 11 is 0. The van der Waals surface area contributed by atoms with Crippen LogP contribution in [0.4, 0.5) is 0 Å². The molecule has 0 aliphatic carbocycles. The van der Waals surface area contributed by atoms with Gasteiger partial charge in [0, 0.05) is 32.2 Å². The maximum Gasteiger partial charge on any atom is 0.253 e. The van der Waals surface area contributed by atoms with Crippen molar-refractivity contribution in [3.63, 3.8) is 0 Å². The second-order valence-corrected chi connectivity index (χ2v) is 8.94. The first kappa shape index (κ1) is 21.3. The van der Waals surface area contributed by atoms with Gasteiger partial charge in [-0.25, -0.2) is 8.42 Å². The van der Waals surface area contributed by atoms with Crippen LogP contribution in [0.25, 0.3) is 0 Å². The van der Waals surface area contributed by atoms with Crippen molar-refractivity contribution in [2.75, 3.05) is 40.5 Å². The average Bonchev–Trinajstić information content (AvgIpc) is 2.74. The predicted molar refractivity (Wildman–Crippen MR) is 110 cm³/mol. The van der Waals surface area contributed by atoms with Crippen molar-refractivity contribution in [1.29, 1.82) is 0 Å². The van der Waals surface area contributed by atoms with Gasteiger partial charge in [0.05, 0.1) is 26.1 Å². The van der Waals surface area contributed by atoms with Crippen molar-refractivity contribution in [2.24, 2.45) is 0 Å². The summed E-state index contributed by atoms with van der Waals surface area (Å²) in [6.45, 7) is 2.08. The molecule has 1 aliphatic heterocycles. The molecule has 0 unspecified atom stereocenters. The van der Waals surface area contributed by atoms with E-state index in [9.17, 15) is 13.2 Å². The molecule has 8 heteroatoms. The number of nitrogens with zero attached hydrogens (tertiary/aromatic N) is 2. The van der Waals surface area contributed by atoms with Gasteiger partial charge in [-0.2, -0.15) is 4.31 Å². The van der Waals surface area contributed by atoms with Crippen LogP contribution in [0.1, 0.15) is 21.5 Å². The standard InChI is InChI=1S/C21H26N2O5S/c1-22(15-17-5-9-20(27-2)10-6-17)21(24)19-7-3-18(4-8-19)16-29(25,26)23-11-13-28-14-12-23/h3-10H,11-16H2,1-2H3. The second kappa shape index (κ2) is 9.39. The number of hydrogen-bond donors (Lipinski definition) is 0. The first-order valence-electron chi connectivity index (χ1n) is 9.42. The molecular weight excluding hydrogens is 392 g/mol. The zero-order chi connectivity index (χ0) is 20.9. The summed E-state index contributed by atoms with van der Waals surface area (Å²) in [6, 6.07) is 14.3. The van der Waals surface area contributed by atoms with Gasteiger partial charge in [-0.05, 0) is 35.4 Å². The lowest BCUT2D eigenvalue weighted by molar-refractivity contribution is 0.0729. The first-order chi connectivity index (χ1) is 13.9. The molecule has 1 aliphatic rings. The molecule has 0 radical (unpaired) electrons. The van der Waals surface area contributed by atoms with E-state index >= 15 is 0 Å².